The van der Waals surface area contributed by atoms with Gasteiger partial charge in [-0.25, -0.2) is 8.78 Å². The molecule has 17 heavy (non-hydrogen) atoms. The second kappa shape index (κ2) is 4.61. The molecule has 2 atom stereocenters. The van der Waals surface area contributed by atoms with Gasteiger partial charge in [0.2, 0.25) is 0 Å². The van der Waals surface area contributed by atoms with Crippen LogP contribution in [-0.4, -0.2) is 24.5 Å². The van der Waals surface area contributed by atoms with E-state index in [1.165, 1.54) is 12.1 Å². The molecule has 0 fully saturated rings. The van der Waals surface area contributed by atoms with Gasteiger partial charge >= 0.3 is 0 Å². The highest BCUT2D eigenvalue weighted by atomic mass is 19.1. The molecule has 0 aromatic heterocycles. The van der Waals surface area contributed by atoms with E-state index in [0.717, 1.165) is 5.56 Å². The summed E-state index contributed by atoms with van der Waals surface area (Å²) in [4.78, 5) is 0. The highest BCUT2D eigenvalue weighted by Crippen LogP contribution is 2.42. The topological polar surface area (TPSA) is 29.5 Å². The van der Waals surface area contributed by atoms with Crippen molar-refractivity contribution in [2.24, 2.45) is 0 Å². The normalized spacial score (nSPS) is 24.9. The Morgan fingerprint density at radius 3 is 3.00 bits per heavy atom. The summed E-state index contributed by atoms with van der Waals surface area (Å²) < 4.78 is 31.1. The molecule has 1 aliphatic rings. The Hall–Kier alpha value is -1.16. The first-order valence-corrected chi connectivity index (χ1v) is 5.72. The molecule has 1 aliphatic heterocycles. The van der Waals surface area contributed by atoms with E-state index in [4.69, 9.17) is 4.74 Å². The van der Waals surface area contributed by atoms with Gasteiger partial charge in [0.15, 0.2) is 0 Å². The Kier molecular flexibility index (Phi) is 3.33. The molecule has 1 heterocycles. The lowest BCUT2D eigenvalue weighted by Crippen LogP contribution is -2.34. The van der Waals surface area contributed by atoms with Crippen molar-refractivity contribution in [2.75, 3.05) is 13.3 Å². The number of hydrogen-bond acceptors (Lipinski definition) is 2. The maximum atomic E-state index is 13.3. The van der Waals surface area contributed by atoms with Crippen LogP contribution in [0, 0.1) is 5.82 Å². The zero-order valence-corrected chi connectivity index (χ0v) is 9.75. The predicted octanol–water partition coefficient (Wildman–Crippen LogP) is 2.59. The van der Waals surface area contributed by atoms with Crippen LogP contribution in [0.4, 0.5) is 8.78 Å². The number of aliphatic hydroxyl groups excluding tert-OH is 1. The van der Waals surface area contributed by atoms with Crippen LogP contribution in [0.15, 0.2) is 18.2 Å². The molecule has 0 saturated heterocycles. The minimum atomic E-state index is -1.01. The monoisotopic (exact) mass is 242 g/mol. The lowest BCUT2D eigenvalue weighted by Gasteiger charge is -2.36. The molecule has 1 N–H and O–H groups in total. The molecule has 0 bridgehead atoms. The van der Waals surface area contributed by atoms with Crippen LogP contribution < -0.4 is 4.74 Å². The first-order valence-electron chi connectivity index (χ1n) is 5.72. The highest BCUT2D eigenvalue weighted by molar-refractivity contribution is 5.41. The minimum absolute atomic E-state index is 0.281. The zero-order valence-electron chi connectivity index (χ0n) is 9.75. The molecule has 94 valence electrons. The van der Waals surface area contributed by atoms with Crippen LogP contribution in [0.3, 0.4) is 0 Å². The molecule has 1 aromatic rings. The van der Waals surface area contributed by atoms with Crippen molar-refractivity contribution in [1.82, 2.24) is 0 Å². The van der Waals surface area contributed by atoms with E-state index < -0.39 is 18.2 Å². The van der Waals surface area contributed by atoms with Gasteiger partial charge in [-0.3, -0.25) is 0 Å². The van der Waals surface area contributed by atoms with E-state index in [1.807, 2.05) is 6.92 Å². The van der Waals surface area contributed by atoms with Gasteiger partial charge in [0.05, 0.1) is 12.7 Å². The van der Waals surface area contributed by atoms with Crippen LogP contribution in [0.5, 0.6) is 5.75 Å². The number of ether oxygens (including phenoxy) is 1. The molecule has 0 aliphatic carbocycles. The van der Waals surface area contributed by atoms with Crippen molar-refractivity contribution in [3.63, 3.8) is 0 Å². The Morgan fingerprint density at radius 1 is 1.53 bits per heavy atom. The van der Waals surface area contributed by atoms with Crippen molar-refractivity contribution in [3.8, 4) is 5.75 Å². The van der Waals surface area contributed by atoms with E-state index in [9.17, 15) is 13.9 Å². The Bertz CT molecular complexity index is 408. The van der Waals surface area contributed by atoms with Crippen molar-refractivity contribution in [1.29, 1.82) is 0 Å². The molecular formula is C13H16F2O2. The van der Waals surface area contributed by atoms with Gasteiger partial charge in [-0.1, -0.05) is 6.92 Å². The molecule has 0 amide bonds. The third-order valence-electron chi connectivity index (χ3n) is 3.37. The fraction of sp³-hybridized carbons (Fsp3) is 0.538. The van der Waals surface area contributed by atoms with Crippen LogP contribution >= 0.6 is 0 Å². The molecule has 0 saturated carbocycles. The van der Waals surface area contributed by atoms with E-state index in [1.54, 1.807) is 6.07 Å². The number of benzene rings is 1. The standard InChI is InChI=1S/C13H16F2O2/c1-13(7-10(16)8-14)4-5-17-12-3-2-9(15)6-11(12)13/h2-3,6,10,16H,4-5,7-8H2,1H3. The number of halogens is 2. The number of aliphatic hydroxyl groups is 1. The summed E-state index contributed by atoms with van der Waals surface area (Å²) in [5, 5.41) is 9.46. The summed E-state index contributed by atoms with van der Waals surface area (Å²) in [6.45, 7) is 1.64. The Morgan fingerprint density at radius 2 is 2.29 bits per heavy atom. The SMILES string of the molecule is CC1(CC(O)CF)CCOc2ccc(F)cc21. The van der Waals surface area contributed by atoms with Crippen LogP contribution in [0.25, 0.3) is 0 Å². The van der Waals surface area contributed by atoms with Gasteiger partial charge < -0.3 is 9.84 Å². The molecule has 1 aromatic carbocycles. The van der Waals surface area contributed by atoms with Gasteiger partial charge in [-0.05, 0) is 31.0 Å². The Balaban J connectivity index is 2.35. The summed E-state index contributed by atoms with van der Waals surface area (Å²) in [5.74, 6) is 0.293. The van der Waals surface area contributed by atoms with Crippen molar-refractivity contribution < 1.29 is 18.6 Å². The second-order valence-corrected chi connectivity index (χ2v) is 4.81. The average Bonchev–Trinajstić information content (AvgIpc) is 2.30. The predicted molar refractivity (Wildman–Crippen MR) is 60.5 cm³/mol. The van der Waals surface area contributed by atoms with Gasteiger partial charge in [0.1, 0.15) is 18.2 Å². The first-order chi connectivity index (χ1) is 8.05. The molecule has 4 heteroatoms. The number of fused-ring (bicyclic) bond motifs is 1. The van der Waals surface area contributed by atoms with E-state index in [2.05, 4.69) is 0 Å². The summed E-state index contributed by atoms with van der Waals surface area (Å²) in [6, 6.07) is 4.35. The van der Waals surface area contributed by atoms with Gasteiger partial charge in [-0.15, -0.1) is 0 Å². The molecule has 2 rings (SSSR count). The first kappa shape index (κ1) is 12.3. The van der Waals surface area contributed by atoms with Crippen molar-refractivity contribution >= 4 is 0 Å². The summed E-state index contributed by atoms with van der Waals surface area (Å²) in [5.41, 5.74) is 0.289. The molecular weight excluding hydrogens is 226 g/mol. The Labute approximate surface area is 99.2 Å². The zero-order chi connectivity index (χ0) is 12.5. The van der Waals surface area contributed by atoms with E-state index in [-0.39, 0.29) is 12.2 Å². The lowest BCUT2D eigenvalue weighted by molar-refractivity contribution is 0.0908. The fourth-order valence-corrected chi connectivity index (χ4v) is 2.41. The fourth-order valence-electron chi connectivity index (χ4n) is 2.41. The summed E-state index contributed by atoms with van der Waals surface area (Å²) in [6.07, 6.45) is -0.0710. The summed E-state index contributed by atoms with van der Waals surface area (Å²) in [7, 11) is 0. The van der Waals surface area contributed by atoms with Crippen LogP contribution in [0.1, 0.15) is 25.3 Å². The molecule has 0 radical (unpaired) electrons. The highest BCUT2D eigenvalue weighted by Gasteiger charge is 2.35. The number of rotatable bonds is 3. The van der Waals surface area contributed by atoms with E-state index in [0.29, 0.717) is 18.8 Å². The van der Waals surface area contributed by atoms with Crippen molar-refractivity contribution in [3.05, 3.63) is 29.6 Å². The molecule has 2 nitrogen and oxygen atoms in total. The summed E-state index contributed by atoms with van der Waals surface area (Å²) >= 11 is 0. The smallest absolute Gasteiger partial charge is 0.123 e. The quantitative estimate of drug-likeness (QED) is 0.882. The van der Waals surface area contributed by atoms with Crippen LogP contribution in [0.2, 0.25) is 0 Å². The van der Waals surface area contributed by atoms with Gasteiger partial charge in [0.25, 0.3) is 0 Å². The number of alkyl halides is 1. The van der Waals surface area contributed by atoms with E-state index >= 15 is 0 Å². The largest absolute Gasteiger partial charge is 0.493 e. The maximum absolute atomic E-state index is 13.3. The number of hydrogen-bond donors (Lipinski definition) is 1. The second-order valence-electron chi connectivity index (χ2n) is 4.81. The third-order valence-corrected chi connectivity index (χ3v) is 3.37. The molecule has 2 unspecified atom stereocenters. The van der Waals surface area contributed by atoms with Crippen LogP contribution in [-0.2, 0) is 5.41 Å². The van der Waals surface area contributed by atoms with Gasteiger partial charge in [0, 0.05) is 11.0 Å². The third kappa shape index (κ3) is 2.41. The van der Waals surface area contributed by atoms with Gasteiger partial charge in [-0.2, -0.15) is 0 Å². The minimum Gasteiger partial charge on any atom is -0.493 e. The molecule has 0 spiro atoms. The average molecular weight is 242 g/mol. The van der Waals surface area contributed by atoms with Crippen molar-refractivity contribution in [2.45, 2.75) is 31.3 Å². The maximum Gasteiger partial charge on any atom is 0.123 e. The lowest BCUT2D eigenvalue weighted by atomic mass is 9.74.